The normalized spacial score (nSPS) is 11.4. The Morgan fingerprint density at radius 2 is 1.72 bits per heavy atom. The molecular weight excluding hydrogens is 340 g/mol. The number of nitrogens with zero attached hydrogens (tertiary/aromatic N) is 1. The molecule has 0 bridgehead atoms. The maximum atomic E-state index is 11.8. The molecule has 0 unspecified atom stereocenters. The predicted molar refractivity (Wildman–Crippen MR) is 97.5 cm³/mol. The lowest BCUT2D eigenvalue weighted by Crippen LogP contribution is -2.07. The summed E-state index contributed by atoms with van der Waals surface area (Å²) in [5, 5.41) is 16.5. The molecule has 6 nitrogen and oxygen atoms in total. The summed E-state index contributed by atoms with van der Waals surface area (Å²) in [6.07, 6.45) is 0.961. The lowest BCUT2D eigenvalue weighted by atomic mass is 10.1. The van der Waals surface area contributed by atoms with Crippen molar-refractivity contribution >= 4 is 32.0 Å². The van der Waals surface area contributed by atoms with Crippen LogP contribution in [0.3, 0.4) is 0 Å². The van der Waals surface area contributed by atoms with Gasteiger partial charge in [-0.25, -0.2) is 8.42 Å². The zero-order valence-corrected chi connectivity index (χ0v) is 14.3. The van der Waals surface area contributed by atoms with Crippen LogP contribution in [0.5, 0.6) is 0 Å². The standard InChI is InChI=1S/C18H16N2O4S/c1-25(23,24)17-8-4-7-16(18(17)20(21)22)19-12-13-9-10-14-5-2-3-6-15(14)11-13/h2-11,19H,12H2,1H3. The van der Waals surface area contributed by atoms with Gasteiger partial charge >= 0.3 is 5.69 Å². The number of nitro benzene ring substituents is 1. The molecule has 3 aromatic carbocycles. The van der Waals surface area contributed by atoms with Crippen molar-refractivity contribution in [3.05, 3.63) is 76.3 Å². The molecule has 0 aliphatic rings. The number of fused-ring (bicyclic) bond motifs is 1. The Bertz CT molecular complexity index is 1060. The molecule has 128 valence electrons. The van der Waals surface area contributed by atoms with Crippen molar-refractivity contribution in [1.29, 1.82) is 0 Å². The number of anilines is 1. The fraction of sp³-hybridized carbons (Fsp3) is 0.111. The van der Waals surface area contributed by atoms with Crippen LogP contribution in [-0.4, -0.2) is 19.6 Å². The van der Waals surface area contributed by atoms with Gasteiger partial charge in [0.25, 0.3) is 0 Å². The second-order valence-corrected chi connectivity index (χ2v) is 7.70. The highest BCUT2D eigenvalue weighted by Crippen LogP contribution is 2.32. The third-order valence-corrected chi connectivity index (χ3v) is 5.01. The predicted octanol–water partition coefficient (Wildman–Crippen LogP) is 3.76. The second kappa shape index (κ2) is 6.52. The zero-order valence-electron chi connectivity index (χ0n) is 13.5. The quantitative estimate of drug-likeness (QED) is 0.555. The van der Waals surface area contributed by atoms with E-state index in [1.807, 2.05) is 42.5 Å². The Morgan fingerprint density at radius 3 is 2.40 bits per heavy atom. The fourth-order valence-corrected chi connectivity index (χ4v) is 3.56. The highest BCUT2D eigenvalue weighted by Gasteiger charge is 2.25. The van der Waals surface area contributed by atoms with Gasteiger partial charge in [0.1, 0.15) is 10.6 Å². The van der Waals surface area contributed by atoms with Gasteiger partial charge in [-0.15, -0.1) is 0 Å². The Morgan fingerprint density at radius 1 is 1.00 bits per heavy atom. The third kappa shape index (κ3) is 3.61. The van der Waals surface area contributed by atoms with Gasteiger partial charge in [0.05, 0.1) is 4.92 Å². The maximum absolute atomic E-state index is 11.8. The topological polar surface area (TPSA) is 89.3 Å². The first-order valence-corrected chi connectivity index (χ1v) is 9.44. The fourth-order valence-electron chi connectivity index (χ4n) is 2.70. The van der Waals surface area contributed by atoms with Gasteiger partial charge in [-0.3, -0.25) is 10.1 Å². The van der Waals surface area contributed by atoms with Gasteiger partial charge in [0.2, 0.25) is 0 Å². The molecule has 0 atom stereocenters. The van der Waals surface area contributed by atoms with Gasteiger partial charge in [-0.1, -0.05) is 42.5 Å². The highest BCUT2D eigenvalue weighted by molar-refractivity contribution is 7.90. The number of hydrogen-bond acceptors (Lipinski definition) is 5. The van der Waals surface area contributed by atoms with E-state index in [0.717, 1.165) is 22.6 Å². The lowest BCUT2D eigenvalue weighted by Gasteiger charge is -2.10. The number of nitro groups is 1. The van der Waals surface area contributed by atoms with E-state index in [0.29, 0.717) is 6.54 Å². The minimum Gasteiger partial charge on any atom is -0.375 e. The van der Waals surface area contributed by atoms with Gasteiger partial charge in [-0.2, -0.15) is 0 Å². The minimum atomic E-state index is -3.69. The summed E-state index contributed by atoms with van der Waals surface area (Å²) >= 11 is 0. The average molecular weight is 356 g/mol. The molecular formula is C18H16N2O4S. The molecule has 3 aromatic rings. The highest BCUT2D eigenvalue weighted by atomic mass is 32.2. The summed E-state index contributed by atoms with van der Waals surface area (Å²) in [4.78, 5) is 10.4. The summed E-state index contributed by atoms with van der Waals surface area (Å²) in [6, 6.07) is 18.1. The van der Waals surface area contributed by atoms with E-state index in [2.05, 4.69) is 5.32 Å². The van der Waals surface area contributed by atoms with E-state index >= 15 is 0 Å². The van der Waals surface area contributed by atoms with Crippen LogP contribution in [0.4, 0.5) is 11.4 Å². The van der Waals surface area contributed by atoms with E-state index in [1.54, 1.807) is 0 Å². The van der Waals surface area contributed by atoms with Crippen molar-refractivity contribution in [2.45, 2.75) is 11.4 Å². The SMILES string of the molecule is CS(=O)(=O)c1cccc(NCc2ccc3ccccc3c2)c1[N+](=O)[O-]. The van der Waals surface area contributed by atoms with Gasteiger partial charge in [0, 0.05) is 12.8 Å². The lowest BCUT2D eigenvalue weighted by molar-refractivity contribution is -0.386. The largest absolute Gasteiger partial charge is 0.375 e. The first kappa shape index (κ1) is 16.9. The number of para-hydroxylation sites is 1. The first-order chi connectivity index (χ1) is 11.9. The molecule has 0 heterocycles. The Balaban J connectivity index is 1.93. The molecule has 0 amide bonds. The molecule has 3 rings (SSSR count). The molecule has 0 aromatic heterocycles. The summed E-state index contributed by atoms with van der Waals surface area (Å²) in [6.45, 7) is 0.346. The number of sulfone groups is 1. The smallest absolute Gasteiger partial charge is 0.310 e. The Hall–Kier alpha value is -2.93. The monoisotopic (exact) mass is 356 g/mol. The van der Waals surface area contributed by atoms with Crippen LogP contribution in [-0.2, 0) is 16.4 Å². The summed E-state index contributed by atoms with van der Waals surface area (Å²) in [5.41, 5.74) is 0.699. The molecule has 0 saturated carbocycles. The van der Waals surface area contributed by atoms with E-state index in [9.17, 15) is 18.5 Å². The van der Waals surface area contributed by atoms with Crippen LogP contribution in [0.2, 0.25) is 0 Å². The van der Waals surface area contributed by atoms with Crippen LogP contribution < -0.4 is 5.32 Å². The van der Waals surface area contributed by atoms with Gasteiger partial charge < -0.3 is 5.32 Å². The maximum Gasteiger partial charge on any atom is 0.310 e. The molecule has 0 radical (unpaired) electrons. The molecule has 0 spiro atoms. The van der Waals surface area contributed by atoms with Crippen LogP contribution >= 0.6 is 0 Å². The van der Waals surface area contributed by atoms with Crippen LogP contribution in [0.15, 0.2) is 65.6 Å². The van der Waals surface area contributed by atoms with Crippen LogP contribution in [0, 0.1) is 10.1 Å². The van der Waals surface area contributed by atoms with Gasteiger partial charge in [0.15, 0.2) is 9.84 Å². The van der Waals surface area contributed by atoms with Crippen LogP contribution in [0.25, 0.3) is 10.8 Å². The van der Waals surface area contributed by atoms with E-state index in [1.165, 1.54) is 18.2 Å². The Labute approximate surface area is 145 Å². The minimum absolute atomic E-state index is 0.182. The molecule has 1 N–H and O–H groups in total. The van der Waals surface area contributed by atoms with Crippen molar-refractivity contribution in [2.24, 2.45) is 0 Å². The Kier molecular flexibility index (Phi) is 4.41. The number of rotatable bonds is 5. The van der Waals surface area contributed by atoms with E-state index < -0.39 is 20.4 Å². The van der Waals surface area contributed by atoms with Crippen molar-refractivity contribution in [3.8, 4) is 0 Å². The molecule has 0 aliphatic heterocycles. The number of benzene rings is 3. The summed E-state index contributed by atoms with van der Waals surface area (Å²) < 4.78 is 23.6. The first-order valence-electron chi connectivity index (χ1n) is 7.55. The molecule has 0 saturated heterocycles. The zero-order chi connectivity index (χ0) is 18.0. The van der Waals surface area contributed by atoms with E-state index in [-0.39, 0.29) is 10.6 Å². The van der Waals surface area contributed by atoms with Crippen molar-refractivity contribution in [3.63, 3.8) is 0 Å². The van der Waals surface area contributed by atoms with Crippen molar-refractivity contribution < 1.29 is 13.3 Å². The summed E-state index contributed by atoms with van der Waals surface area (Å²) in [5.74, 6) is 0. The second-order valence-electron chi connectivity index (χ2n) is 5.72. The molecule has 7 heteroatoms. The van der Waals surface area contributed by atoms with Crippen molar-refractivity contribution in [2.75, 3.05) is 11.6 Å². The van der Waals surface area contributed by atoms with Crippen molar-refractivity contribution in [1.82, 2.24) is 0 Å². The third-order valence-electron chi connectivity index (χ3n) is 3.88. The molecule has 0 aliphatic carbocycles. The van der Waals surface area contributed by atoms with Crippen LogP contribution in [0.1, 0.15) is 5.56 Å². The van der Waals surface area contributed by atoms with E-state index in [4.69, 9.17) is 0 Å². The number of hydrogen-bond donors (Lipinski definition) is 1. The summed E-state index contributed by atoms with van der Waals surface area (Å²) in [7, 11) is -3.69. The molecule has 0 fully saturated rings. The van der Waals surface area contributed by atoms with Gasteiger partial charge in [-0.05, 0) is 34.5 Å². The average Bonchev–Trinajstić information content (AvgIpc) is 2.58. The molecule has 25 heavy (non-hydrogen) atoms. The number of nitrogens with one attached hydrogen (secondary N) is 1.